The first-order chi connectivity index (χ1) is 14.5. The van der Waals surface area contributed by atoms with Gasteiger partial charge in [0.25, 0.3) is 5.56 Å². The molecule has 7 nitrogen and oxygen atoms in total. The van der Waals surface area contributed by atoms with Crippen LogP contribution in [-0.4, -0.2) is 21.4 Å². The van der Waals surface area contributed by atoms with Gasteiger partial charge in [-0.15, -0.1) is 0 Å². The Labute approximate surface area is 175 Å². The number of aryl methyl sites for hydroxylation is 1. The molecule has 4 aromatic rings. The maximum Gasteiger partial charge on any atom is 0.256 e. The summed E-state index contributed by atoms with van der Waals surface area (Å²) in [5.74, 6) is 0.958. The Morgan fingerprint density at radius 3 is 2.93 bits per heavy atom. The summed E-state index contributed by atoms with van der Waals surface area (Å²) in [6.45, 7) is 3.32. The zero-order valence-electron chi connectivity index (χ0n) is 16.2. The van der Waals surface area contributed by atoms with Crippen LogP contribution in [0.15, 0.2) is 55.2 Å². The number of aromatic amines is 1. The Morgan fingerprint density at radius 2 is 2.13 bits per heavy atom. The van der Waals surface area contributed by atoms with E-state index in [0.29, 0.717) is 64.8 Å². The maximum atomic E-state index is 12.9. The second kappa shape index (κ2) is 7.27. The number of furan rings is 1. The molecule has 0 bridgehead atoms. The van der Waals surface area contributed by atoms with Gasteiger partial charge in [0.15, 0.2) is 17.0 Å². The van der Waals surface area contributed by atoms with Gasteiger partial charge in [-0.2, -0.15) is 0 Å². The average molecular weight is 424 g/mol. The minimum atomic E-state index is -0.191. The van der Waals surface area contributed by atoms with Crippen LogP contribution in [0.2, 0.25) is 5.02 Å². The van der Waals surface area contributed by atoms with Gasteiger partial charge < -0.3 is 13.8 Å². The summed E-state index contributed by atoms with van der Waals surface area (Å²) in [5.41, 5.74) is 2.97. The van der Waals surface area contributed by atoms with Gasteiger partial charge in [0.05, 0.1) is 29.2 Å². The maximum absolute atomic E-state index is 12.9. The first kappa shape index (κ1) is 18.8. The lowest BCUT2D eigenvalue weighted by Crippen LogP contribution is -2.36. The number of halogens is 1. The highest BCUT2D eigenvalue weighted by Crippen LogP contribution is 2.23. The Hall–Kier alpha value is -3.16. The Balaban J connectivity index is 1.43. The molecule has 1 aliphatic rings. The van der Waals surface area contributed by atoms with E-state index in [-0.39, 0.29) is 11.0 Å². The molecule has 0 amide bonds. The normalized spacial score (nSPS) is 14.2. The van der Waals surface area contributed by atoms with E-state index in [0.717, 1.165) is 11.3 Å². The molecule has 0 fully saturated rings. The number of nitrogens with one attached hydrogen (secondary N) is 1. The monoisotopic (exact) mass is 423 g/mol. The van der Waals surface area contributed by atoms with E-state index in [1.807, 2.05) is 11.8 Å². The van der Waals surface area contributed by atoms with Gasteiger partial charge >= 0.3 is 0 Å². The van der Waals surface area contributed by atoms with Gasteiger partial charge in [0.1, 0.15) is 5.58 Å². The number of hydrogen-bond donors (Lipinski definition) is 1. The minimum Gasteiger partial charge on any atom is -0.464 e. The van der Waals surface area contributed by atoms with E-state index < -0.39 is 0 Å². The number of H-pyrrole nitrogens is 1. The van der Waals surface area contributed by atoms with Gasteiger partial charge in [-0.3, -0.25) is 14.5 Å². The second-order valence-electron chi connectivity index (χ2n) is 7.47. The van der Waals surface area contributed by atoms with Gasteiger partial charge in [-0.25, -0.2) is 4.98 Å². The van der Waals surface area contributed by atoms with E-state index in [4.69, 9.17) is 20.4 Å². The van der Waals surface area contributed by atoms with Crippen LogP contribution in [-0.2, 0) is 19.5 Å². The lowest BCUT2D eigenvalue weighted by Gasteiger charge is -2.27. The third-order valence-corrected chi connectivity index (χ3v) is 5.83. The quantitative estimate of drug-likeness (QED) is 0.540. The summed E-state index contributed by atoms with van der Waals surface area (Å²) < 4.78 is 11.0. The standard InChI is InChI=1S/C22H18ClN3O4/c1-12-7-19-14(8-16(12)23)20(27)13(11-30-19)9-26-5-4-17-15(10-26)22(28)25-21(24-17)18-3-2-6-29-18/h2-3,6-8,11H,4-5,9-10H2,1H3,(H,24,25,28). The van der Waals surface area contributed by atoms with Crippen molar-refractivity contribution in [2.45, 2.75) is 26.4 Å². The fraction of sp³-hybridized carbons (Fsp3) is 0.227. The molecule has 3 aromatic heterocycles. The molecule has 0 unspecified atom stereocenters. The molecule has 0 atom stereocenters. The molecule has 5 rings (SSSR count). The largest absolute Gasteiger partial charge is 0.464 e. The molecule has 8 heteroatoms. The minimum absolute atomic E-state index is 0.107. The Morgan fingerprint density at radius 1 is 1.27 bits per heavy atom. The van der Waals surface area contributed by atoms with Crippen molar-refractivity contribution in [3.8, 4) is 11.6 Å². The van der Waals surface area contributed by atoms with Crippen LogP contribution in [0, 0.1) is 6.92 Å². The van der Waals surface area contributed by atoms with Crippen molar-refractivity contribution < 1.29 is 8.83 Å². The number of hydrogen-bond acceptors (Lipinski definition) is 6. The van der Waals surface area contributed by atoms with Crippen LogP contribution < -0.4 is 11.0 Å². The highest BCUT2D eigenvalue weighted by atomic mass is 35.5. The summed E-state index contributed by atoms with van der Waals surface area (Å²) in [6.07, 6.45) is 3.65. The number of fused-ring (bicyclic) bond motifs is 2. The summed E-state index contributed by atoms with van der Waals surface area (Å²) >= 11 is 6.18. The summed E-state index contributed by atoms with van der Waals surface area (Å²) in [4.78, 5) is 34.9. The molecule has 4 heterocycles. The van der Waals surface area contributed by atoms with Crippen LogP contribution in [0.1, 0.15) is 22.4 Å². The van der Waals surface area contributed by atoms with Crippen LogP contribution in [0.25, 0.3) is 22.6 Å². The fourth-order valence-corrected chi connectivity index (χ4v) is 3.95. The van der Waals surface area contributed by atoms with E-state index in [1.54, 1.807) is 30.5 Å². The lowest BCUT2D eigenvalue weighted by atomic mass is 10.1. The molecule has 1 aromatic carbocycles. The topological polar surface area (TPSA) is 92.3 Å². The van der Waals surface area contributed by atoms with E-state index in [9.17, 15) is 9.59 Å². The lowest BCUT2D eigenvalue weighted by molar-refractivity contribution is 0.239. The van der Waals surface area contributed by atoms with E-state index in [1.165, 1.54) is 6.26 Å². The number of aromatic nitrogens is 2. The second-order valence-corrected chi connectivity index (χ2v) is 7.87. The zero-order valence-corrected chi connectivity index (χ0v) is 17.0. The Bertz CT molecular complexity index is 1370. The van der Waals surface area contributed by atoms with Crippen LogP contribution >= 0.6 is 11.6 Å². The number of nitrogens with zero attached hydrogens (tertiary/aromatic N) is 2. The summed E-state index contributed by atoms with van der Waals surface area (Å²) in [7, 11) is 0. The molecular formula is C22H18ClN3O4. The van der Waals surface area contributed by atoms with E-state index >= 15 is 0 Å². The number of benzene rings is 1. The van der Waals surface area contributed by atoms with Gasteiger partial charge in [0, 0.05) is 36.6 Å². The first-order valence-corrected chi connectivity index (χ1v) is 9.96. The molecule has 0 spiro atoms. The third-order valence-electron chi connectivity index (χ3n) is 5.42. The van der Waals surface area contributed by atoms with Gasteiger partial charge in [-0.05, 0) is 36.8 Å². The zero-order chi connectivity index (χ0) is 20.8. The van der Waals surface area contributed by atoms with Crippen molar-refractivity contribution in [1.29, 1.82) is 0 Å². The van der Waals surface area contributed by atoms with Crippen molar-refractivity contribution in [2.24, 2.45) is 0 Å². The molecule has 30 heavy (non-hydrogen) atoms. The van der Waals surface area contributed by atoms with Gasteiger partial charge in [-0.1, -0.05) is 11.6 Å². The fourth-order valence-electron chi connectivity index (χ4n) is 3.79. The molecule has 0 radical (unpaired) electrons. The van der Waals surface area contributed by atoms with Crippen molar-refractivity contribution in [1.82, 2.24) is 14.9 Å². The van der Waals surface area contributed by atoms with E-state index in [2.05, 4.69) is 9.97 Å². The summed E-state index contributed by atoms with van der Waals surface area (Å²) in [5, 5.41) is 0.993. The molecule has 1 aliphatic heterocycles. The molecular weight excluding hydrogens is 406 g/mol. The van der Waals surface area contributed by atoms with Crippen molar-refractivity contribution in [2.75, 3.05) is 6.54 Å². The Kier molecular flexibility index (Phi) is 4.56. The number of rotatable bonds is 3. The van der Waals surface area contributed by atoms with Crippen LogP contribution in [0.3, 0.4) is 0 Å². The molecule has 0 aliphatic carbocycles. The molecule has 0 saturated heterocycles. The predicted molar refractivity (Wildman–Crippen MR) is 113 cm³/mol. The molecule has 1 N–H and O–H groups in total. The molecule has 152 valence electrons. The van der Waals surface area contributed by atoms with Crippen molar-refractivity contribution >= 4 is 22.6 Å². The average Bonchev–Trinajstić information content (AvgIpc) is 3.27. The predicted octanol–water partition coefficient (Wildman–Crippen LogP) is 3.66. The van der Waals surface area contributed by atoms with Crippen molar-refractivity contribution in [3.63, 3.8) is 0 Å². The first-order valence-electron chi connectivity index (χ1n) is 9.58. The SMILES string of the molecule is Cc1cc2occ(CN3CCc4nc(-c5ccco5)[nH]c(=O)c4C3)c(=O)c2cc1Cl. The summed E-state index contributed by atoms with van der Waals surface area (Å²) in [6, 6.07) is 6.92. The van der Waals surface area contributed by atoms with Crippen LogP contribution in [0.4, 0.5) is 0 Å². The highest BCUT2D eigenvalue weighted by Gasteiger charge is 2.23. The van der Waals surface area contributed by atoms with Crippen LogP contribution in [0.5, 0.6) is 0 Å². The smallest absolute Gasteiger partial charge is 0.256 e. The van der Waals surface area contributed by atoms with Gasteiger partial charge in [0.2, 0.25) is 0 Å². The van der Waals surface area contributed by atoms with Crippen molar-refractivity contribution in [3.05, 3.63) is 84.8 Å². The molecule has 0 saturated carbocycles. The highest BCUT2D eigenvalue weighted by molar-refractivity contribution is 6.32. The third kappa shape index (κ3) is 3.26.